The van der Waals surface area contributed by atoms with E-state index in [4.69, 9.17) is 4.74 Å². The standard InChI is InChI=1S/C23H20N4O4/c1-2-26-20-11-7-6-10-19(20)25-22(26)15-24-23(28)18-14-16(27(29)30)12-13-21(18)31-17-8-4-3-5-9-17/h3-14H,2,15H2,1H3,(H,24,28). The third-order valence-electron chi connectivity index (χ3n) is 4.85. The van der Waals surface area contributed by atoms with E-state index in [-0.39, 0.29) is 23.5 Å². The van der Waals surface area contributed by atoms with E-state index in [9.17, 15) is 14.9 Å². The first-order valence-electron chi connectivity index (χ1n) is 9.80. The van der Waals surface area contributed by atoms with Crippen LogP contribution in [0.5, 0.6) is 11.5 Å². The van der Waals surface area contributed by atoms with E-state index < -0.39 is 10.8 Å². The van der Waals surface area contributed by atoms with Gasteiger partial charge < -0.3 is 14.6 Å². The Labute approximate surface area is 178 Å². The van der Waals surface area contributed by atoms with Crippen LogP contribution in [0, 0.1) is 10.1 Å². The minimum absolute atomic E-state index is 0.0808. The molecule has 31 heavy (non-hydrogen) atoms. The highest BCUT2D eigenvalue weighted by Gasteiger charge is 2.19. The molecule has 8 heteroatoms. The van der Waals surface area contributed by atoms with Gasteiger partial charge in [0, 0.05) is 18.7 Å². The minimum Gasteiger partial charge on any atom is -0.457 e. The van der Waals surface area contributed by atoms with Crippen LogP contribution in [-0.2, 0) is 13.1 Å². The van der Waals surface area contributed by atoms with E-state index in [1.807, 2.05) is 41.8 Å². The first-order valence-corrected chi connectivity index (χ1v) is 9.80. The van der Waals surface area contributed by atoms with Gasteiger partial charge in [0.05, 0.1) is 28.1 Å². The molecule has 0 spiro atoms. The van der Waals surface area contributed by atoms with Crippen molar-refractivity contribution < 1.29 is 14.5 Å². The third-order valence-corrected chi connectivity index (χ3v) is 4.85. The molecule has 0 saturated heterocycles. The second-order valence-corrected chi connectivity index (χ2v) is 6.80. The Morgan fingerprint density at radius 3 is 2.58 bits per heavy atom. The topological polar surface area (TPSA) is 99.3 Å². The summed E-state index contributed by atoms with van der Waals surface area (Å²) in [7, 11) is 0. The van der Waals surface area contributed by atoms with Crippen LogP contribution in [0.1, 0.15) is 23.1 Å². The molecule has 0 saturated carbocycles. The molecule has 0 aliphatic carbocycles. The number of nitro benzene ring substituents is 1. The highest BCUT2D eigenvalue weighted by molar-refractivity contribution is 5.97. The molecule has 0 radical (unpaired) electrons. The molecular formula is C23H20N4O4. The normalized spacial score (nSPS) is 10.7. The molecule has 1 amide bonds. The van der Waals surface area contributed by atoms with E-state index in [0.717, 1.165) is 11.0 Å². The van der Waals surface area contributed by atoms with Crippen molar-refractivity contribution in [2.75, 3.05) is 0 Å². The summed E-state index contributed by atoms with van der Waals surface area (Å²) in [5, 5.41) is 14.0. The molecule has 156 valence electrons. The van der Waals surface area contributed by atoms with Crippen LogP contribution in [-0.4, -0.2) is 20.4 Å². The Morgan fingerprint density at radius 1 is 1.10 bits per heavy atom. The van der Waals surface area contributed by atoms with Crippen molar-refractivity contribution >= 4 is 22.6 Å². The van der Waals surface area contributed by atoms with Gasteiger partial charge in [-0.25, -0.2) is 4.98 Å². The number of aromatic nitrogens is 2. The number of ether oxygens (including phenoxy) is 1. The summed E-state index contributed by atoms with van der Waals surface area (Å²) in [6, 6.07) is 20.6. The summed E-state index contributed by atoms with van der Waals surface area (Å²) in [4.78, 5) is 28.2. The van der Waals surface area contributed by atoms with Gasteiger partial charge in [-0.3, -0.25) is 14.9 Å². The maximum Gasteiger partial charge on any atom is 0.270 e. The average Bonchev–Trinajstić information content (AvgIpc) is 3.15. The van der Waals surface area contributed by atoms with Gasteiger partial charge in [-0.15, -0.1) is 0 Å². The fraction of sp³-hybridized carbons (Fsp3) is 0.130. The molecule has 0 atom stereocenters. The van der Waals surface area contributed by atoms with Crippen molar-refractivity contribution in [3.05, 3.63) is 94.3 Å². The summed E-state index contributed by atoms with van der Waals surface area (Å²) in [6.45, 7) is 2.88. The molecule has 0 fully saturated rings. The van der Waals surface area contributed by atoms with Crippen LogP contribution in [0.3, 0.4) is 0 Å². The van der Waals surface area contributed by atoms with E-state index in [1.165, 1.54) is 18.2 Å². The Kier molecular flexibility index (Phi) is 5.61. The lowest BCUT2D eigenvalue weighted by Gasteiger charge is -2.12. The number of imidazole rings is 1. The molecule has 3 aromatic carbocycles. The van der Waals surface area contributed by atoms with Gasteiger partial charge in [0.25, 0.3) is 11.6 Å². The molecule has 1 aromatic heterocycles. The first-order chi connectivity index (χ1) is 15.1. The van der Waals surface area contributed by atoms with E-state index >= 15 is 0 Å². The smallest absolute Gasteiger partial charge is 0.270 e. The van der Waals surface area contributed by atoms with E-state index in [0.29, 0.717) is 18.1 Å². The molecule has 1 N–H and O–H groups in total. The number of hydrogen-bond donors (Lipinski definition) is 1. The molecule has 8 nitrogen and oxygen atoms in total. The highest BCUT2D eigenvalue weighted by Crippen LogP contribution is 2.29. The van der Waals surface area contributed by atoms with Crippen LogP contribution in [0.25, 0.3) is 11.0 Å². The predicted octanol–water partition coefficient (Wildman–Crippen LogP) is 4.69. The largest absolute Gasteiger partial charge is 0.457 e. The van der Waals surface area contributed by atoms with Crippen LogP contribution < -0.4 is 10.1 Å². The molecule has 4 rings (SSSR count). The molecule has 0 bridgehead atoms. The fourth-order valence-corrected chi connectivity index (χ4v) is 3.38. The molecule has 0 aliphatic heterocycles. The van der Waals surface area contributed by atoms with Crippen molar-refractivity contribution in [3.8, 4) is 11.5 Å². The summed E-state index contributed by atoms with van der Waals surface area (Å²) < 4.78 is 7.82. The summed E-state index contributed by atoms with van der Waals surface area (Å²) in [5.41, 5.74) is 1.72. The lowest BCUT2D eigenvalue weighted by molar-refractivity contribution is -0.384. The van der Waals surface area contributed by atoms with Crippen molar-refractivity contribution in [1.82, 2.24) is 14.9 Å². The van der Waals surface area contributed by atoms with Crippen molar-refractivity contribution in [1.29, 1.82) is 0 Å². The summed E-state index contributed by atoms with van der Waals surface area (Å²) in [6.07, 6.45) is 0. The van der Waals surface area contributed by atoms with E-state index in [1.54, 1.807) is 24.3 Å². The van der Waals surface area contributed by atoms with Gasteiger partial charge >= 0.3 is 0 Å². The average molecular weight is 416 g/mol. The minimum atomic E-state index is -0.542. The van der Waals surface area contributed by atoms with E-state index in [2.05, 4.69) is 10.3 Å². The molecule has 4 aromatic rings. The maximum atomic E-state index is 13.0. The number of nitrogens with one attached hydrogen (secondary N) is 1. The van der Waals surface area contributed by atoms with Crippen LogP contribution >= 0.6 is 0 Å². The lowest BCUT2D eigenvalue weighted by Crippen LogP contribution is -2.25. The monoisotopic (exact) mass is 416 g/mol. The SMILES string of the molecule is CCn1c(CNC(=O)c2cc([N+](=O)[O-])ccc2Oc2ccccc2)nc2ccccc21. The molecule has 0 unspecified atom stereocenters. The fourth-order valence-electron chi connectivity index (χ4n) is 3.38. The second kappa shape index (κ2) is 8.66. The molecule has 1 heterocycles. The Hall–Kier alpha value is -4.20. The van der Waals surface area contributed by atoms with Crippen LogP contribution in [0.4, 0.5) is 5.69 Å². The van der Waals surface area contributed by atoms with Crippen molar-refractivity contribution in [2.45, 2.75) is 20.0 Å². The van der Waals surface area contributed by atoms with Gasteiger partial charge in [-0.2, -0.15) is 0 Å². The number of carbonyl (C=O) groups is 1. The zero-order valence-electron chi connectivity index (χ0n) is 16.8. The number of carbonyl (C=O) groups excluding carboxylic acids is 1. The first kappa shape index (κ1) is 20.1. The molecular weight excluding hydrogens is 396 g/mol. The zero-order valence-corrected chi connectivity index (χ0v) is 16.8. The number of rotatable bonds is 7. The maximum absolute atomic E-state index is 13.0. The number of nitrogens with zero attached hydrogens (tertiary/aromatic N) is 3. The number of hydrogen-bond acceptors (Lipinski definition) is 5. The number of non-ortho nitro benzene ring substituents is 1. The van der Waals surface area contributed by atoms with Crippen LogP contribution in [0.2, 0.25) is 0 Å². The number of benzene rings is 3. The number of fused-ring (bicyclic) bond motifs is 1. The summed E-state index contributed by atoms with van der Waals surface area (Å²) >= 11 is 0. The van der Waals surface area contributed by atoms with Gasteiger partial charge in [0.2, 0.25) is 0 Å². The van der Waals surface area contributed by atoms with Gasteiger partial charge in [0.15, 0.2) is 0 Å². The predicted molar refractivity (Wildman–Crippen MR) is 116 cm³/mol. The van der Waals surface area contributed by atoms with Crippen molar-refractivity contribution in [2.24, 2.45) is 0 Å². The summed E-state index contributed by atoms with van der Waals surface area (Å²) in [5.74, 6) is 0.980. The number of amides is 1. The zero-order chi connectivity index (χ0) is 21.8. The molecule has 0 aliphatic rings. The second-order valence-electron chi connectivity index (χ2n) is 6.80. The highest BCUT2D eigenvalue weighted by atomic mass is 16.6. The Bertz CT molecular complexity index is 1250. The number of aryl methyl sites for hydroxylation is 1. The van der Waals surface area contributed by atoms with Crippen molar-refractivity contribution in [3.63, 3.8) is 0 Å². The number of nitro groups is 1. The van der Waals surface area contributed by atoms with Gasteiger partial charge in [0.1, 0.15) is 17.3 Å². The third kappa shape index (κ3) is 4.23. The quantitative estimate of drug-likeness (QED) is 0.348. The van der Waals surface area contributed by atoms with Gasteiger partial charge in [-0.05, 0) is 37.3 Å². The lowest BCUT2D eigenvalue weighted by atomic mass is 10.1. The van der Waals surface area contributed by atoms with Gasteiger partial charge in [-0.1, -0.05) is 30.3 Å². The number of para-hydroxylation sites is 3. The van der Waals surface area contributed by atoms with Crippen LogP contribution in [0.15, 0.2) is 72.8 Å². The Morgan fingerprint density at radius 2 is 1.84 bits per heavy atom. The Balaban J connectivity index is 1.61.